The van der Waals surface area contributed by atoms with E-state index >= 15 is 0 Å². The highest BCUT2D eigenvalue weighted by Gasteiger charge is 2.12. The summed E-state index contributed by atoms with van der Waals surface area (Å²) in [6.07, 6.45) is 4.27. The first-order chi connectivity index (χ1) is 9.22. The van der Waals surface area contributed by atoms with Gasteiger partial charge in [0.1, 0.15) is 5.75 Å². The summed E-state index contributed by atoms with van der Waals surface area (Å²) >= 11 is 3.43. The summed E-state index contributed by atoms with van der Waals surface area (Å²) in [6, 6.07) is 10.1. The minimum absolute atomic E-state index is 0.00350. The molecule has 0 aliphatic carbocycles. The van der Waals surface area contributed by atoms with Gasteiger partial charge in [0.15, 0.2) is 0 Å². The van der Waals surface area contributed by atoms with E-state index in [4.69, 9.17) is 10.6 Å². The van der Waals surface area contributed by atoms with Crippen molar-refractivity contribution < 1.29 is 4.74 Å². The van der Waals surface area contributed by atoms with Crippen molar-refractivity contribution >= 4 is 15.9 Å². The fourth-order valence-corrected chi connectivity index (χ4v) is 2.13. The number of methoxy groups -OCH3 is 1. The van der Waals surface area contributed by atoms with Crippen molar-refractivity contribution in [3.8, 4) is 5.75 Å². The Morgan fingerprint density at radius 1 is 1.32 bits per heavy atom. The Labute approximate surface area is 121 Å². The van der Waals surface area contributed by atoms with Gasteiger partial charge in [-0.05, 0) is 35.7 Å². The molecule has 0 radical (unpaired) electrons. The second-order valence-corrected chi connectivity index (χ2v) is 5.12. The maximum absolute atomic E-state index is 5.65. The molecule has 100 valence electrons. The van der Waals surface area contributed by atoms with Gasteiger partial charge < -0.3 is 4.74 Å². The van der Waals surface area contributed by atoms with Crippen molar-refractivity contribution in [3.05, 3.63) is 58.3 Å². The van der Waals surface area contributed by atoms with E-state index in [0.29, 0.717) is 0 Å². The van der Waals surface area contributed by atoms with Gasteiger partial charge in [-0.1, -0.05) is 28.1 Å². The number of nitrogens with one attached hydrogen (secondary N) is 1. The van der Waals surface area contributed by atoms with Crippen LogP contribution in [0.15, 0.2) is 47.2 Å². The van der Waals surface area contributed by atoms with Crippen LogP contribution in [0.3, 0.4) is 0 Å². The molecule has 1 heterocycles. The van der Waals surface area contributed by atoms with Crippen molar-refractivity contribution in [3.63, 3.8) is 0 Å². The number of hydrazine groups is 1. The topological polar surface area (TPSA) is 60.2 Å². The molecule has 1 aromatic heterocycles. The first kappa shape index (κ1) is 14.0. The number of ether oxygens (including phenoxy) is 1. The summed E-state index contributed by atoms with van der Waals surface area (Å²) in [5.41, 5.74) is 5.03. The molecule has 1 aromatic carbocycles. The highest BCUT2D eigenvalue weighted by molar-refractivity contribution is 9.10. The number of nitrogens with two attached hydrogens (primary N) is 1. The molecule has 0 amide bonds. The maximum Gasteiger partial charge on any atom is 0.137 e. The van der Waals surface area contributed by atoms with E-state index in [1.165, 1.54) is 5.56 Å². The Balaban J connectivity index is 2.17. The Morgan fingerprint density at radius 2 is 2.05 bits per heavy atom. The molecule has 1 atom stereocenters. The number of aromatic nitrogens is 1. The van der Waals surface area contributed by atoms with Gasteiger partial charge in [-0.15, -0.1) is 0 Å². The molecule has 0 fully saturated rings. The summed E-state index contributed by atoms with van der Waals surface area (Å²) in [4.78, 5) is 4.15. The van der Waals surface area contributed by atoms with Crippen LogP contribution in [0.25, 0.3) is 0 Å². The van der Waals surface area contributed by atoms with Gasteiger partial charge in [0.05, 0.1) is 19.3 Å². The highest BCUT2D eigenvalue weighted by atomic mass is 79.9. The molecule has 2 rings (SSSR count). The van der Waals surface area contributed by atoms with Crippen LogP contribution in [0, 0.1) is 0 Å². The zero-order valence-corrected chi connectivity index (χ0v) is 12.2. The smallest absolute Gasteiger partial charge is 0.137 e. The molecular formula is C14H16BrN3O. The average molecular weight is 322 g/mol. The molecule has 0 bridgehead atoms. The highest BCUT2D eigenvalue weighted by Crippen LogP contribution is 2.21. The quantitative estimate of drug-likeness (QED) is 0.656. The zero-order chi connectivity index (χ0) is 13.7. The molecule has 5 heteroatoms. The molecule has 19 heavy (non-hydrogen) atoms. The number of hydrogen-bond acceptors (Lipinski definition) is 4. The van der Waals surface area contributed by atoms with Crippen LogP contribution in [0.2, 0.25) is 0 Å². The molecule has 1 unspecified atom stereocenters. The second-order valence-electron chi connectivity index (χ2n) is 4.21. The molecule has 4 nitrogen and oxygen atoms in total. The van der Waals surface area contributed by atoms with Crippen LogP contribution in [-0.4, -0.2) is 12.1 Å². The first-order valence-corrected chi connectivity index (χ1v) is 6.71. The molecule has 0 aliphatic heterocycles. The molecular weight excluding hydrogens is 306 g/mol. The summed E-state index contributed by atoms with van der Waals surface area (Å²) < 4.78 is 6.24. The number of hydrogen-bond donors (Lipinski definition) is 2. The SMILES string of the molecule is COc1cncc(C(Cc2ccc(Br)cc2)NN)c1. The van der Waals surface area contributed by atoms with E-state index in [2.05, 4.69) is 38.5 Å². The van der Waals surface area contributed by atoms with E-state index in [1.54, 1.807) is 19.5 Å². The van der Waals surface area contributed by atoms with Gasteiger partial charge in [0.2, 0.25) is 0 Å². The average Bonchev–Trinajstić information content (AvgIpc) is 2.46. The van der Waals surface area contributed by atoms with E-state index in [9.17, 15) is 0 Å². The van der Waals surface area contributed by atoms with Crippen molar-refractivity contribution in [1.82, 2.24) is 10.4 Å². The van der Waals surface area contributed by atoms with Gasteiger partial charge in [0, 0.05) is 10.7 Å². The normalized spacial score (nSPS) is 12.2. The lowest BCUT2D eigenvalue weighted by atomic mass is 10.0. The van der Waals surface area contributed by atoms with Crippen molar-refractivity contribution in [2.75, 3.05) is 7.11 Å². The fraction of sp³-hybridized carbons (Fsp3) is 0.214. The van der Waals surface area contributed by atoms with Crippen LogP contribution in [0.4, 0.5) is 0 Å². The molecule has 3 N–H and O–H groups in total. The third-order valence-corrected chi connectivity index (χ3v) is 3.46. The Bertz CT molecular complexity index is 530. The van der Waals surface area contributed by atoms with Gasteiger partial charge in [0.25, 0.3) is 0 Å². The monoisotopic (exact) mass is 321 g/mol. The number of halogens is 1. The van der Waals surface area contributed by atoms with E-state index in [0.717, 1.165) is 22.2 Å². The Morgan fingerprint density at radius 3 is 2.68 bits per heavy atom. The van der Waals surface area contributed by atoms with Crippen molar-refractivity contribution in [1.29, 1.82) is 0 Å². The summed E-state index contributed by atoms with van der Waals surface area (Å²) in [5, 5.41) is 0. The number of nitrogens with zero attached hydrogens (tertiary/aromatic N) is 1. The minimum Gasteiger partial charge on any atom is -0.495 e. The number of pyridine rings is 1. The molecule has 0 spiro atoms. The molecule has 0 aliphatic rings. The fourth-order valence-electron chi connectivity index (χ4n) is 1.87. The molecule has 2 aromatic rings. The van der Waals surface area contributed by atoms with E-state index < -0.39 is 0 Å². The maximum atomic E-state index is 5.65. The predicted octanol–water partition coefficient (Wildman–Crippen LogP) is 2.60. The van der Waals surface area contributed by atoms with Gasteiger partial charge in [-0.3, -0.25) is 16.3 Å². The number of rotatable bonds is 5. The second kappa shape index (κ2) is 6.65. The van der Waals surface area contributed by atoms with Crippen LogP contribution >= 0.6 is 15.9 Å². The van der Waals surface area contributed by atoms with Crippen molar-refractivity contribution in [2.24, 2.45) is 5.84 Å². The summed E-state index contributed by atoms with van der Waals surface area (Å²) in [5.74, 6) is 6.38. The summed E-state index contributed by atoms with van der Waals surface area (Å²) in [7, 11) is 1.63. The summed E-state index contributed by atoms with van der Waals surface area (Å²) in [6.45, 7) is 0. The Hall–Kier alpha value is -1.43. The van der Waals surface area contributed by atoms with Crippen LogP contribution in [-0.2, 0) is 6.42 Å². The van der Waals surface area contributed by atoms with Crippen LogP contribution < -0.4 is 16.0 Å². The predicted molar refractivity (Wildman–Crippen MR) is 78.7 cm³/mol. The van der Waals surface area contributed by atoms with Crippen LogP contribution in [0.5, 0.6) is 5.75 Å². The van der Waals surface area contributed by atoms with Gasteiger partial charge in [-0.25, -0.2) is 0 Å². The lowest BCUT2D eigenvalue weighted by Crippen LogP contribution is -2.29. The third kappa shape index (κ3) is 3.76. The van der Waals surface area contributed by atoms with Gasteiger partial charge in [-0.2, -0.15) is 0 Å². The number of benzene rings is 1. The van der Waals surface area contributed by atoms with Gasteiger partial charge >= 0.3 is 0 Å². The van der Waals surface area contributed by atoms with Crippen LogP contribution in [0.1, 0.15) is 17.2 Å². The lowest BCUT2D eigenvalue weighted by molar-refractivity contribution is 0.410. The lowest BCUT2D eigenvalue weighted by Gasteiger charge is -2.16. The Kier molecular flexibility index (Phi) is 4.90. The van der Waals surface area contributed by atoms with E-state index in [1.807, 2.05) is 18.2 Å². The van der Waals surface area contributed by atoms with Crippen molar-refractivity contribution in [2.45, 2.75) is 12.5 Å². The molecule has 0 saturated carbocycles. The molecule has 0 saturated heterocycles. The minimum atomic E-state index is 0.00350. The zero-order valence-electron chi connectivity index (χ0n) is 10.6. The van der Waals surface area contributed by atoms with E-state index in [-0.39, 0.29) is 6.04 Å². The standard InChI is InChI=1S/C14H16BrN3O/c1-19-13-7-11(8-17-9-13)14(18-16)6-10-2-4-12(15)5-3-10/h2-5,7-9,14,18H,6,16H2,1H3. The first-order valence-electron chi connectivity index (χ1n) is 5.92. The third-order valence-electron chi connectivity index (χ3n) is 2.93. The largest absolute Gasteiger partial charge is 0.495 e.